The van der Waals surface area contributed by atoms with Crippen molar-refractivity contribution in [1.82, 2.24) is 0 Å². The molecule has 0 saturated heterocycles. The minimum atomic E-state index is 0.189. The summed E-state index contributed by atoms with van der Waals surface area (Å²) < 4.78 is 1.13. The number of carbonyl (C=O) groups excluding carboxylic acids is 1. The van der Waals surface area contributed by atoms with Gasteiger partial charge in [0.05, 0.1) is 0 Å². The van der Waals surface area contributed by atoms with E-state index in [1.807, 2.05) is 6.08 Å². The Labute approximate surface area is 80.8 Å². The van der Waals surface area contributed by atoms with Crippen molar-refractivity contribution < 1.29 is 9.90 Å². The molecule has 11 heavy (non-hydrogen) atoms. The minimum Gasteiger partial charge on any atom is -0.396 e. The molecule has 3 heteroatoms. The predicted molar refractivity (Wildman–Crippen MR) is 53.7 cm³/mol. The smallest absolute Gasteiger partial charge is 0.130 e. The third kappa shape index (κ3) is 8.00. The molecule has 2 nitrogen and oxygen atoms in total. The van der Waals surface area contributed by atoms with Gasteiger partial charge in [-0.2, -0.15) is 0 Å². The van der Waals surface area contributed by atoms with Crippen LogP contribution >= 0.6 is 22.6 Å². The summed E-state index contributed by atoms with van der Waals surface area (Å²) in [5, 5.41) is 8.53. The third-order valence-electron chi connectivity index (χ3n) is 1.21. The Kier molecular flexibility index (Phi) is 6.85. The maximum Gasteiger partial charge on any atom is 0.130 e. The number of allylic oxidation sites excluding steroid dienone is 1. The highest BCUT2D eigenvalue weighted by Gasteiger charge is 1.92. The average Bonchev–Trinajstić information content (AvgIpc) is 1.87. The second-order valence-corrected chi connectivity index (χ2v) is 3.75. The van der Waals surface area contributed by atoms with Crippen LogP contribution in [0.4, 0.5) is 0 Å². The Balaban J connectivity index is 3.47. The fourth-order valence-corrected chi connectivity index (χ4v) is 1.19. The fourth-order valence-electron chi connectivity index (χ4n) is 0.641. The minimum absolute atomic E-state index is 0.189. The van der Waals surface area contributed by atoms with Crippen molar-refractivity contribution >= 4 is 28.4 Å². The van der Waals surface area contributed by atoms with E-state index in [1.54, 1.807) is 6.92 Å². The molecule has 0 heterocycles. The molecule has 0 rings (SSSR count). The SMILES string of the molecule is CC(=O)CC/C=C(\I)CCO. The number of halogens is 1. The van der Waals surface area contributed by atoms with Gasteiger partial charge in [-0.05, 0) is 39.5 Å². The zero-order valence-corrected chi connectivity index (χ0v) is 8.80. The molecule has 0 aromatic rings. The summed E-state index contributed by atoms with van der Waals surface area (Å²) in [6.45, 7) is 1.78. The number of carbonyl (C=O) groups is 1. The topological polar surface area (TPSA) is 37.3 Å². The summed E-state index contributed by atoms with van der Waals surface area (Å²) in [6, 6.07) is 0. The Morgan fingerprint density at radius 3 is 2.64 bits per heavy atom. The molecule has 0 spiro atoms. The predicted octanol–water partition coefficient (Wildman–Crippen LogP) is 2.06. The maximum atomic E-state index is 10.5. The molecule has 0 radical (unpaired) electrons. The van der Waals surface area contributed by atoms with Crippen LogP contribution < -0.4 is 0 Å². The lowest BCUT2D eigenvalue weighted by molar-refractivity contribution is -0.116. The highest BCUT2D eigenvalue weighted by molar-refractivity contribution is 14.1. The summed E-state index contributed by atoms with van der Waals surface area (Å²) in [5.74, 6) is 0.217. The molecule has 0 aliphatic carbocycles. The van der Waals surface area contributed by atoms with Crippen molar-refractivity contribution in [2.75, 3.05) is 6.61 Å². The van der Waals surface area contributed by atoms with E-state index >= 15 is 0 Å². The van der Waals surface area contributed by atoms with Crippen LogP contribution in [0.3, 0.4) is 0 Å². The van der Waals surface area contributed by atoms with E-state index in [1.165, 1.54) is 0 Å². The van der Waals surface area contributed by atoms with E-state index < -0.39 is 0 Å². The number of aliphatic hydroxyl groups excluding tert-OH is 1. The monoisotopic (exact) mass is 268 g/mol. The average molecular weight is 268 g/mol. The van der Waals surface area contributed by atoms with E-state index in [9.17, 15) is 4.79 Å². The molecule has 0 amide bonds. The lowest BCUT2D eigenvalue weighted by Gasteiger charge is -1.94. The summed E-state index contributed by atoms with van der Waals surface area (Å²) in [7, 11) is 0. The molecule has 0 aliphatic heterocycles. The zero-order chi connectivity index (χ0) is 8.69. The van der Waals surface area contributed by atoms with Gasteiger partial charge >= 0.3 is 0 Å². The normalized spacial score (nSPS) is 11.7. The first-order valence-corrected chi connectivity index (χ1v) is 4.69. The first-order chi connectivity index (χ1) is 5.16. The number of hydrogen-bond acceptors (Lipinski definition) is 2. The van der Waals surface area contributed by atoms with Gasteiger partial charge in [-0.3, -0.25) is 0 Å². The van der Waals surface area contributed by atoms with E-state index in [0.29, 0.717) is 12.8 Å². The lowest BCUT2D eigenvalue weighted by atomic mass is 10.2. The van der Waals surface area contributed by atoms with Crippen LogP contribution in [0, 0.1) is 0 Å². The third-order valence-corrected chi connectivity index (χ3v) is 2.19. The largest absolute Gasteiger partial charge is 0.396 e. The molecule has 0 unspecified atom stereocenters. The van der Waals surface area contributed by atoms with Gasteiger partial charge in [0.25, 0.3) is 0 Å². The highest BCUT2D eigenvalue weighted by atomic mass is 127. The molecule has 0 bridgehead atoms. The Morgan fingerprint density at radius 2 is 2.18 bits per heavy atom. The van der Waals surface area contributed by atoms with Crippen molar-refractivity contribution in [1.29, 1.82) is 0 Å². The Hall–Kier alpha value is 0.1000. The standard InChI is InChI=1S/C8H13IO2/c1-7(11)3-2-4-8(9)5-6-10/h4,10H,2-3,5-6H2,1H3/b8-4-. The number of rotatable bonds is 5. The van der Waals surface area contributed by atoms with Gasteiger partial charge in [0.15, 0.2) is 0 Å². The first kappa shape index (κ1) is 11.1. The van der Waals surface area contributed by atoms with Gasteiger partial charge in [0.1, 0.15) is 5.78 Å². The van der Waals surface area contributed by atoms with Crippen LogP contribution in [-0.2, 0) is 4.79 Å². The second-order valence-electron chi connectivity index (χ2n) is 2.37. The molecule has 0 aliphatic rings. The molecule has 0 fully saturated rings. The molecule has 64 valence electrons. The number of ketones is 1. The van der Waals surface area contributed by atoms with Crippen LogP contribution in [0.25, 0.3) is 0 Å². The van der Waals surface area contributed by atoms with Crippen molar-refractivity contribution in [3.05, 3.63) is 9.66 Å². The van der Waals surface area contributed by atoms with Crippen LogP contribution in [-0.4, -0.2) is 17.5 Å². The summed E-state index contributed by atoms with van der Waals surface area (Å²) in [5.41, 5.74) is 0. The Morgan fingerprint density at radius 1 is 1.55 bits per heavy atom. The zero-order valence-electron chi connectivity index (χ0n) is 6.64. The van der Waals surface area contributed by atoms with Crippen molar-refractivity contribution in [2.45, 2.75) is 26.2 Å². The Bertz CT molecular complexity index is 152. The fraction of sp³-hybridized carbons (Fsp3) is 0.625. The quantitative estimate of drug-likeness (QED) is 0.775. The van der Waals surface area contributed by atoms with Gasteiger partial charge in [0, 0.05) is 19.4 Å². The summed E-state index contributed by atoms with van der Waals surface area (Å²) >= 11 is 2.18. The van der Waals surface area contributed by atoms with Gasteiger partial charge in [-0.1, -0.05) is 6.08 Å². The lowest BCUT2D eigenvalue weighted by Crippen LogP contribution is -1.87. The highest BCUT2D eigenvalue weighted by Crippen LogP contribution is 2.11. The van der Waals surface area contributed by atoms with Crippen LogP contribution in [0.1, 0.15) is 26.2 Å². The van der Waals surface area contributed by atoms with Gasteiger partial charge in [-0.15, -0.1) is 0 Å². The molecule has 0 aromatic heterocycles. The second kappa shape index (κ2) is 6.79. The van der Waals surface area contributed by atoms with Crippen LogP contribution in [0.5, 0.6) is 0 Å². The van der Waals surface area contributed by atoms with Gasteiger partial charge < -0.3 is 9.90 Å². The first-order valence-electron chi connectivity index (χ1n) is 3.61. The van der Waals surface area contributed by atoms with Crippen molar-refractivity contribution in [2.24, 2.45) is 0 Å². The van der Waals surface area contributed by atoms with Gasteiger partial charge in [0.2, 0.25) is 0 Å². The molecule has 0 atom stereocenters. The van der Waals surface area contributed by atoms with E-state index in [4.69, 9.17) is 5.11 Å². The van der Waals surface area contributed by atoms with Crippen molar-refractivity contribution in [3.8, 4) is 0 Å². The summed E-state index contributed by atoms with van der Waals surface area (Å²) in [6.07, 6.45) is 4.11. The van der Waals surface area contributed by atoms with Crippen LogP contribution in [0.2, 0.25) is 0 Å². The molecule has 0 saturated carbocycles. The molecule has 0 aromatic carbocycles. The number of hydrogen-bond donors (Lipinski definition) is 1. The molecule has 1 N–H and O–H groups in total. The summed E-state index contributed by atoms with van der Waals surface area (Å²) in [4.78, 5) is 10.5. The van der Waals surface area contributed by atoms with Gasteiger partial charge in [-0.25, -0.2) is 0 Å². The van der Waals surface area contributed by atoms with Crippen molar-refractivity contribution in [3.63, 3.8) is 0 Å². The van der Waals surface area contributed by atoms with Crippen LogP contribution in [0.15, 0.2) is 9.66 Å². The van der Waals surface area contributed by atoms with E-state index in [-0.39, 0.29) is 12.4 Å². The van der Waals surface area contributed by atoms with E-state index in [0.717, 1.165) is 10.0 Å². The number of aliphatic hydroxyl groups is 1. The molecular weight excluding hydrogens is 255 g/mol. The number of Topliss-reactive ketones (excluding diaryl/α,β-unsaturated/α-hetero) is 1. The maximum absolute atomic E-state index is 10.5. The molecular formula is C8H13IO2. The van der Waals surface area contributed by atoms with E-state index in [2.05, 4.69) is 22.6 Å².